The van der Waals surface area contributed by atoms with Crippen molar-refractivity contribution in [2.75, 3.05) is 0 Å². The van der Waals surface area contributed by atoms with Gasteiger partial charge in [0.2, 0.25) is 0 Å². The SMILES string of the molecule is N#Cc1ccc(OC2CCCC(C(=O)O)C2)cc1Cl. The molecule has 1 fully saturated rings. The average molecular weight is 280 g/mol. The Kier molecular flexibility index (Phi) is 4.28. The van der Waals surface area contributed by atoms with Gasteiger partial charge in [0.05, 0.1) is 22.6 Å². The average Bonchev–Trinajstić information content (AvgIpc) is 2.39. The molecule has 100 valence electrons. The van der Waals surface area contributed by atoms with Gasteiger partial charge in [-0.2, -0.15) is 5.26 Å². The highest BCUT2D eigenvalue weighted by atomic mass is 35.5. The van der Waals surface area contributed by atoms with Crippen LogP contribution in [0.1, 0.15) is 31.2 Å². The summed E-state index contributed by atoms with van der Waals surface area (Å²) in [6.07, 6.45) is 2.84. The van der Waals surface area contributed by atoms with Crippen molar-refractivity contribution in [3.05, 3.63) is 28.8 Å². The van der Waals surface area contributed by atoms with Crippen LogP contribution in [-0.4, -0.2) is 17.2 Å². The molecule has 0 bridgehead atoms. The quantitative estimate of drug-likeness (QED) is 0.922. The fraction of sp³-hybridized carbons (Fsp3) is 0.429. The zero-order chi connectivity index (χ0) is 13.8. The highest BCUT2D eigenvalue weighted by Gasteiger charge is 2.28. The van der Waals surface area contributed by atoms with Gasteiger partial charge in [0, 0.05) is 6.07 Å². The lowest BCUT2D eigenvalue weighted by Crippen LogP contribution is -2.29. The van der Waals surface area contributed by atoms with E-state index in [9.17, 15) is 4.79 Å². The lowest BCUT2D eigenvalue weighted by Gasteiger charge is -2.27. The molecule has 0 saturated heterocycles. The number of hydrogen-bond acceptors (Lipinski definition) is 3. The first-order valence-electron chi connectivity index (χ1n) is 6.19. The molecule has 4 nitrogen and oxygen atoms in total. The summed E-state index contributed by atoms with van der Waals surface area (Å²) >= 11 is 5.93. The standard InChI is InChI=1S/C14H14ClNO3/c15-13-7-12(5-4-10(13)8-16)19-11-3-1-2-9(6-11)14(17)18/h4-5,7,9,11H,1-3,6H2,(H,17,18). The van der Waals surface area contributed by atoms with Crippen molar-refractivity contribution in [3.63, 3.8) is 0 Å². The van der Waals surface area contributed by atoms with Crippen LogP contribution in [0.25, 0.3) is 0 Å². The van der Waals surface area contributed by atoms with Crippen molar-refractivity contribution in [3.8, 4) is 11.8 Å². The summed E-state index contributed by atoms with van der Waals surface area (Å²) < 4.78 is 5.76. The lowest BCUT2D eigenvalue weighted by molar-refractivity contribution is -0.143. The van der Waals surface area contributed by atoms with Crippen LogP contribution in [0.2, 0.25) is 5.02 Å². The summed E-state index contributed by atoms with van der Waals surface area (Å²) in [7, 11) is 0. The number of nitrogens with zero attached hydrogens (tertiary/aromatic N) is 1. The Morgan fingerprint density at radius 1 is 1.47 bits per heavy atom. The molecule has 0 heterocycles. The van der Waals surface area contributed by atoms with Crippen LogP contribution in [0.15, 0.2) is 18.2 Å². The molecule has 2 atom stereocenters. The number of carboxylic acids is 1. The van der Waals surface area contributed by atoms with Crippen LogP contribution in [0.3, 0.4) is 0 Å². The van der Waals surface area contributed by atoms with Crippen molar-refractivity contribution in [2.24, 2.45) is 5.92 Å². The molecule has 5 heteroatoms. The summed E-state index contributed by atoms with van der Waals surface area (Å²) in [4.78, 5) is 11.0. The van der Waals surface area contributed by atoms with Crippen molar-refractivity contribution in [1.29, 1.82) is 5.26 Å². The number of hydrogen-bond donors (Lipinski definition) is 1. The third-order valence-electron chi connectivity index (χ3n) is 3.34. The van der Waals surface area contributed by atoms with E-state index >= 15 is 0 Å². The number of nitriles is 1. The van der Waals surface area contributed by atoms with E-state index in [1.807, 2.05) is 6.07 Å². The fourth-order valence-corrected chi connectivity index (χ4v) is 2.54. The van der Waals surface area contributed by atoms with Crippen LogP contribution >= 0.6 is 11.6 Å². The van der Waals surface area contributed by atoms with Gasteiger partial charge in [-0.25, -0.2) is 0 Å². The molecule has 0 radical (unpaired) electrons. The summed E-state index contributed by atoms with van der Waals surface area (Å²) in [5.41, 5.74) is 0.404. The van der Waals surface area contributed by atoms with Gasteiger partial charge in [0.1, 0.15) is 11.8 Å². The van der Waals surface area contributed by atoms with Crippen LogP contribution in [0.4, 0.5) is 0 Å². The van der Waals surface area contributed by atoms with Gasteiger partial charge in [-0.15, -0.1) is 0 Å². The fourth-order valence-electron chi connectivity index (χ4n) is 2.33. The van der Waals surface area contributed by atoms with E-state index in [2.05, 4.69) is 0 Å². The maximum absolute atomic E-state index is 11.0. The molecule has 1 aromatic rings. The minimum Gasteiger partial charge on any atom is -0.490 e. The van der Waals surface area contributed by atoms with Gasteiger partial charge in [-0.05, 0) is 37.8 Å². The molecule has 1 saturated carbocycles. The normalized spacial score (nSPS) is 22.5. The highest BCUT2D eigenvalue weighted by molar-refractivity contribution is 6.31. The Hall–Kier alpha value is -1.73. The van der Waals surface area contributed by atoms with Gasteiger partial charge in [-0.3, -0.25) is 4.79 Å². The summed E-state index contributed by atoms with van der Waals surface area (Å²) in [5, 5.41) is 18.2. The smallest absolute Gasteiger partial charge is 0.306 e. The monoisotopic (exact) mass is 279 g/mol. The zero-order valence-electron chi connectivity index (χ0n) is 10.3. The summed E-state index contributed by atoms with van der Waals surface area (Å²) in [6.45, 7) is 0. The number of halogens is 1. The molecule has 0 aromatic heterocycles. The van der Waals surface area contributed by atoms with E-state index in [0.29, 0.717) is 29.2 Å². The molecule has 1 aromatic carbocycles. The Labute approximate surface area is 116 Å². The van der Waals surface area contributed by atoms with Gasteiger partial charge in [0.25, 0.3) is 0 Å². The van der Waals surface area contributed by atoms with E-state index in [-0.39, 0.29) is 12.0 Å². The number of aliphatic carboxylic acids is 1. The van der Waals surface area contributed by atoms with E-state index in [0.717, 1.165) is 12.8 Å². The second-order valence-corrected chi connectivity index (χ2v) is 5.10. The van der Waals surface area contributed by atoms with Gasteiger partial charge in [0.15, 0.2) is 0 Å². The maximum Gasteiger partial charge on any atom is 0.306 e. The molecule has 19 heavy (non-hydrogen) atoms. The zero-order valence-corrected chi connectivity index (χ0v) is 11.1. The van der Waals surface area contributed by atoms with Crippen molar-refractivity contribution in [1.82, 2.24) is 0 Å². The van der Waals surface area contributed by atoms with Crippen molar-refractivity contribution >= 4 is 17.6 Å². The second-order valence-electron chi connectivity index (χ2n) is 4.70. The molecule has 1 aliphatic rings. The molecule has 0 amide bonds. The Morgan fingerprint density at radius 2 is 2.26 bits per heavy atom. The number of carbonyl (C=O) groups is 1. The van der Waals surface area contributed by atoms with Crippen molar-refractivity contribution in [2.45, 2.75) is 31.8 Å². The first-order valence-corrected chi connectivity index (χ1v) is 6.57. The topological polar surface area (TPSA) is 70.3 Å². The molecule has 0 spiro atoms. The van der Waals surface area contributed by atoms with Crippen LogP contribution in [0.5, 0.6) is 5.75 Å². The van der Waals surface area contributed by atoms with E-state index in [1.165, 1.54) is 0 Å². The molecular weight excluding hydrogens is 266 g/mol. The number of carboxylic acid groups (broad SMARTS) is 1. The first-order chi connectivity index (χ1) is 9.10. The highest BCUT2D eigenvalue weighted by Crippen LogP contribution is 2.29. The largest absolute Gasteiger partial charge is 0.490 e. The predicted octanol–water partition coefficient (Wildman–Crippen LogP) is 3.23. The van der Waals surface area contributed by atoms with Crippen molar-refractivity contribution < 1.29 is 14.6 Å². The minimum absolute atomic E-state index is 0.0983. The minimum atomic E-state index is -0.758. The number of rotatable bonds is 3. The Balaban J connectivity index is 2.03. The molecular formula is C14H14ClNO3. The van der Waals surface area contributed by atoms with Gasteiger partial charge >= 0.3 is 5.97 Å². The molecule has 1 aliphatic carbocycles. The second kappa shape index (κ2) is 5.94. The number of benzene rings is 1. The third-order valence-corrected chi connectivity index (χ3v) is 3.65. The van der Waals surface area contributed by atoms with Crippen LogP contribution < -0.4 is 4.74 Å². The predicted molar refractivity (Wildman–Crippen MR) is 70.2 cm³/mol. The summed E-state index contributed by atoms with van der Waals surface area (Å²) in [6, 6.07) is 6.88. The van der Waals surface area contributed by atoms with Gasteiger partial charge in [-0.1, -0.05) is 11.6 Å². The Morgan fingerprint density at radius 3 is 2.89 bits per heavy atom. The molecule has 2 unspecified atom stereocenters. The summed E-state index contributed by atoms with van der Waals surface area (Å²) in [5.74, 6) is -0.501. The Bertz CT molecular complexity index is 524. The van der Waals surface area contributed by atoms with Crippen LogP contribution in [-0.2, 0) is 4.79 Å². The van der Waals surface area contributed by atoms with Crippen LogP contribution in [0, 0.1) is 17.2 Å². The number of ether oxygens (including phenoxy) is 1. The molecule has 0 aliphatic heterocycles. The lowest BCUT2D eigenvalue weighted by atomic mass is 9.87. The first kappa shape index (κ1) is 13.7. The van der Waals surface area contributed by atoms with E-state index in [1.54, 1.807) is 18.2 Å². The maximum atomic E-state index is 11.0. The van der Waals surface area contributed by atoms with E-state index in [4.69, 9.17) is 26.7 Å². The molecule has 2 rings (SSSR count). The third kappa shape index (κ3) is 3.39. The van der Waals surface area contributed by atoms with E-state index < -0.39 is 5.97 Å². The molecule has 1 N–H and O–H groups in total. The van der Waals surface area contributed by atoms with Gasteiger partial charge < -0.3 is 9.84 Å².